The van der Waals surface area contributed by atoms with E-state index in [0.29, 0.717) is 6.42 Å². The van der Waals surface area contributed by atoms with Crippen LogP contribution in [0.2, 0.25) is 0 Å². The SMILES string of the molecule is CCCCCC/C=C/CCCCCCCCCCCC(=O)O[C@@H](COC(=O)CCCCCCCCCCCCCCCCCCCCCCCCC)COP(=O)(O)OCCN. The number of hydrogen-bond acceptors (Lipinski definition) is 8. The van der Waals surface area contributed by atoms with E-state index >= 15 is 0 Å². The summed E-state index contributed by atoms with van der Waals surface area (Å²) in [5.74, 6) is -0.814. The molecular weight excluding hydrogens is 786 g/mol. The lowest BCUT2D eigenvalue weighted by molar-refractivity contribution is -0.161. The van der Waals surface area contributed by atoms with E-state index in [9.17, 15) is 19.0 Å². The fourth-order valence-electron chi connectivity index (χ4n) is 7.75. The summed E-state index contributed by atoms with van der Waals surface area (Å²) in [6.07, 6.45) is 52.5. The highest BCUT2D eigenvalue weighted by atomic mass is 31.2. The smallest absolute Gasteiger partial charge is 0.462 e. The van der Waals surface area contributed by atoms with Gasteiger partial charge in [0.05, 0.1) is 13.2 Å². The van der Waals surface area contributed by atoms with Crippen molar-refractivity contribution in [3.05, 3.63) is 12.2 Å². The van der Waals surface area contributed by atoms with Crippen molar-refractivity contribution in [1.82, 2.24) is 0 Å². The number of nitrogens with two attached hydrogens (primary N) is 1. The molecule has 0 radical (unpaired) electrons. The summed E-state index contributed by atoms with van der Waals surface area (Å²) in [6.45, 7) is 3.78. The van der Waals surface area contributed by atoms with Gasteiger partial charge in [0, 0.05) is 19.4 Å². The Morgan fingerprint density at radius 2 is 0.803 bits per heavy atom. The number of allylic oxidation sites excluding steroid dienone is 2. The first-order chi connectivity index (χ1) is 29.8. The molecule has 2 atom stereocenters. The van der Waals surface area contributed by atoms with Crippen LogP contribution < -0.4 is 5.73 Å². The maximum atomic E-state index is 12.6. The standard InChI is InChI=1S/C51H100NO8P/c1-3-5-7-9-11-13-15-17-19-21-22-23-24-25-26-28-29-31-33-35-37-39-41-43-50(53)57-47-49(48-59-61(55,56)58-46-45-52)60-51(54)44-42-40-38-36-34-32-30-27-20-18-16-14-12-10-8-6-4-2/h14,16,49H,3-13,15,17-48,52H2,1-2H3,(H,55,56)/b16-14+/t49-/m0/s1. The Kier molecular flexibility index (Phi) is 47.2. The molecule has 10 heteroatoms. The molecule has 0 aliphatic heterocycles. The second kappa shape index (κ2) is 48.2. The summed E-state index contributed by atoms with van der Waals surface area (Å²) >= 11 is 0. The van der Waals surface area contributed by atoms with Gasteiger partial charge in [-0.15, -0.1) is 0 Å². The van der Waals surface area contributed by atoms with Crippen molar-refractivity contribution in [3.63, 3.8) is 0 Å². The van der Waals surface area contributed by atoms with Gasteiger partial charge in [-0.2, -0.15) is 0 Å². The highest BCUT2D eigenvalue weighted by molar-refractivity contribution is 7.47. The molecule has 0 saturated carbocycles. The quantitative estimate of drug-likeness (QED) is 0.0265. The highest BCUT2D eigenvalue weighted by Crippen LogP contribution is 2.43. The summed E-state index contributed by atoms with van der Waals surface area (Å²) in [5, 5.41) is 0. The van der Waals surface area contributed by atoms with Crippen LogP contribution in [0.1, 0.15) is 271 Å². The number of ether oxygens (including phenoxy) is 2. The van der Waals surface area contributed by atoms with E-state index < -0.39 is 26.5 Å². The van der Waals surface area contributed by atoms with Gasteiger partial charge in [-0.1, -0.05) is 231 Å². The molecule has 0 amide bonds. The van der Waals surface area contributed by atoms with Crippen LogP contribution in [0, 0.1) is 0 Å². The molecule has 0 bridgehead atoms. The van der Waals surface area contributed by atoms with Crippen molar-refractivity contribution in [2.24, 2.45) is 5.73 Å². The van der Waals surface area contributed by atoms with E-state index in [-0.39, 0.29) is 38.6 Å². The molecule has 0 aliphatic rings. The van der Waals surface area contributed by atoms with Crippen LogP contribution in [0.15, 0.2) is 12.2 Å². The number of carbonyl (C=O) groups is 2. The molecule has 0 aliphatic carbocycles. The second-order valence-corrected chi connectivity index (χ2v) is 19.2. The third-order valence-electron chi connectivity index (χ3n) is 11.7. The van der Waals surface area contributed by atoms with Crippen LogP contribution in [0.4, 0.5) is 0 Å². The third-order valence-corrected chi connectivity index (χ3v) is 12.6. The molecule has 0 aromatic carbocycles. The minimum absolute atomic E-state index is 0.0562. The summed E-state index contributed by atoms with van der Waals surface area (Å²) in [7, 11) is -4.38. The van der Waals surface area contributed by atoms with Crippen molar-refractivity contribution in [1.29, 1.82) is 0 Å². The number of hydrogen-bond donors (Lipinski definition) is 2. The molecule has 362 valence electrons. The van der Waals surface area contributed by atoms with E-state index in [1.165, 1.54) is 199 Å². The van der Waals surface area contributed by atoms with Crippen LogP contribution in [-0.4, -0.2) is 49.3 Å². The topological polar surface area (TPSA) is 134 Å². The lowest BCUT2D eigenvalue weighted by Gasteiger charge is -2.19. The van der Waals surface area contributed by atoms with Crippen molar-refractivity contribution in [2.75, 3.05) is 26.4 Å². The Bertz CT molecular complexity index is 1010. The number of rotatable bonds is 50. The van der Waals surface area contributed by atoms with E-state index in [0.717, 1.165) is 38.5 Å². The van der Waals surface area contributed by atoms with Crippen LogP contribution in [0.25, 0.3) is 0 Å². The van der Waals surface area contributed by atoms with Crippen LogP contribution in [-0.2, 0) is 32.7 Å². The highest BCUT2D eigenvalue weighted by Gasteiger charge is 2.26. The van der Waals surface area contributed by atoms with E-state index in [4.69, 9.17) is 24.3 Å². The molecule has 0 fully saturated rings. The normalized spacial score (nSPS) is 13.2. The van der Waals surface area contributed by atoms with Gasteiger partial charge < -0.3 is 20.1 Å². The van der Waals surface area contributed by atoms with Crippen LogP contribution in [0.3, 0.4) is 0 Å². The van der Waals surface area contributed by atoms with Crippen molar-refractivity contribution in [3.8, 4) is 0 Å². The van der Waals surface area contributed by atoms with Gasteiger partial charge in [-0.05, 0) is 38.5 Å². The van der Waals surface area contributed by atoms with E-state index in [1.807, 2.05) is 0 Å². The summed E-state index contributed by atoms with van der Waals surface area (Å²) in [6, 6.07) is 0. The fourth-order valence-corrected chi connectivity index (χ4v) is 8.52. The third kappa shape index (κ3) is 48.1. The van der Waals surface area contributed by atoms with Crippen molar-refractivity contribution >= 4 is 19.8 Å². The lowest BCUT2D eigenvalue weighted by Crippen LogP contribution is -2.29. The molecule has 0 heterocycles. The second-order valence-electron chi connectivity index (χ2n) is 17.8. The van der Waals surface area contributed by atoms with Crippen molar-refractivity contribution < 1.29 is 37.6 Å². The molecule has 61 heavy (non-hydrogen) atoms. The van der Waals surface area contributed by atoms with Crippen LogP contribution >= 0.6 is 7.82 Å². The molecule has 9 nitrogen and oxygen atoms in total. The number of phosphoric ester groups is 1. The summed E-state index contributed by atoms with van der Waals surface area (Å²) < 4.78 is 32.9. The van der Waals surface area contributed by atoms with Gasteiger partial charge in [0.2, 0.25) is 0 Å². The van der Waals surface area contributed by atoms with E-state index in [1.54, 1.807) is 0 Å². The van der Waals surface area contributed by atoms with Gasteiger partial charge in [-0.3, -0.25) is 18.6 Å². The Balaban J connectivity index is 3.97. The number of unbranched alkanes of at least 4 members (excludes halogenated alkanes) is 35. The largest absolute Gasteiger partial charge is 0.472 e. The molecular formula is C51H100NO8P. The Labute approximate surface area is 377 Å². The average Bonchev–Trinajstić information content (AvgIpc) is 3.25. The van der Waals surface area contributed by atoms with Gasteiger partial charge in [0.1, 0.15) is 6.61 Å². The van der Waals surface area contributed by atoms with Gasteiger partial charge in [-0.25, -0.2) is 4.57 Å². The molecule has 1 unspecified atom stereocenters. The minimum Gasteiger partial charge on any atom is -0.462 e. The Morgan fingerprint density at radius 3 is 1.18 bits per heavy atom. The predicted octanol–water partition coefficient (Wildman–Crippen LogP) is 15.7. The molecule has 0 spiro atoms. The molecule has 0 saturated heterocycles. The van der Waals surface area contributed by atoms with Crippen LogP contribution in [0.5, 0.6) is 0 Å². The zero-order valence-electron chi connectivity index (χ0n) is 40.2. The molecule has 3 N–H and O–H groups in total. The maximum Gasteiger partial charge on any atom is 0.472 e. The average molecular weight is 886 g/mol. The number of esters is 2. The molecule has 0 rings (SSSR count). The lowest BCUT2D eigenvalue weighted by atomic mass is 10.0. The Hall–Kier alpha value is -1.25. The zero-order chi connectivity index (χ0) is 44.6. The first-order valence-corrected chi connectivity index (χ1v) is 27.7. The molecule has 0 aromatic rings. The summed E-state index contributed by atoms with van der Waals surface area (Å²) in [5.41, 5.74) is 5.37. The first kappa shape index (κ1) is 59.8. The van der Waals surface area contributed by atoms with Gasteiger partial charge in [0.15, 0.2) is 6.10 Å². The fraction of sp³-hybridized carbons (Fsp3) is 0.922. The Morgan fingerprint density at radius 1 is 0.475 bits per heavy atom. The zero-order valence-corrected chi connectivity index (χ0v) is 41.1. The minimum atomic E-state index is -4.38. The van der Waals surface area contributed by atoms with Crippen molar-refractivity contribution in [2.45, 2.75) is 277 Å². The maximum absolute atomic E-state index is 12.6. The number of phosphoric acid groups is 1. The predicted molar refractivity (Wildman–Crippen MR) is 257 cm³/mol. The number of carbonyl (C=O) groups excluding carboxylic acids is 2. The van der Waals surface area contributed by atoms with Gasteiger partial charge >= 0.3 is 19.8 Å². The van der Waals surface area contributed by atoms with E-state index in [2.05, 4.69) is 26.0 Å². The monoisotopic (exact) mass is 886 g/mol. The van der Waals surface area contributed by atoms with Gasteiger partial charge in [0.25, 0.3) is 0 Å². The summed E-state index contributed by atoms with van der Waals surface area (Å²) in [4.78, 5) is 35.0. The first-order valence-electron chi connectivity index (χ1n) is 26.2. The molecule has 0 aromatic heterocycles.